The fraction of sp³-hybridized carbons (Fsp3) is 0.133. The van der Waals surface area contributed by atoms with Crippen molar-refractivity contribution in [2.45, 2.75) is 6.92 Å². The van der Waals surface area contributed by atoms with Crippen LogP contribution in [0.5, 0.6) is 0 Å². The second-order valence-corrected chi connectivity index (χ2v) is 4.98. The van der Waals surface area contributed by atoms with Crippen LogP contribution in [0.1, 0.15) is 5.56 Å². The van der Waals surface area contributed by atoms with Gasteiger partial charge in [0.25, 0.3) is 0 Å². The molecule has 0 aliphatic heterocycles. The maximum Gasteiger partial charge on any atom is 0.222 e. The second-order valence-electron chi connectivity index (χ2n) is 4.64. The highest BCUT2D eigenvalue weighted by Crippen LogP contribution is 2.30. The molecule has 0 saturated carbocycles. The number of nitrogens with zero attached hydrogens (tertiary/aromatic N) is 4. The Bertz CT molecular complexity index is 747. The maximum absolute atomic E-state index is 5.87. The molecular formula is C15H13ClN4. The van der Waals surface area contributed by atoms with Crippen molar-refractivity contribution >= 4 is 11.6 Å². The molecule has 0 radical (unpaired) electrons. The van der Waals surface area contributed by atoms with Gasteiger partial charge in [0, 0.05) is 30.6 Å². The zero-order valence-corrected chi connectivity index (χ0v) is 12.0. The highest BCUT2D eigenvalue weighted by Gasteiger charge is 2.13. The molecule has 20 heavy (non-hydrogen) atoms. The minimum Gasteiger partial charge on any atom is -0.274 e. The normalized spacial score (nSPS) is 10.8. The lowest BCUT2D eigenvalue weighted by Crippen LogP contribution is -1.89. The van der Waals surface area contributed by atoms with Crippen LogP contribution in [0.3, 0.4) is 0 Å². The van der Waals surface area contributed by atoms with Crippen LogP contribution in [-0.2, 0) is 7.05 Å². The molecule has 0 spiro atoms. The molecule has 0 bridgehead atoms. The van der Waals surface area contributed by atoms with Gasteiger partial charge in [-0.25, -0.2) is 9.97 Å². The first-order valence-electron chi connectivity index (χ1n) is 6.23. The Kier molecular flexibility index (Phi) is 3.24. The van der Waals surface area contributed by atoms with Crippen LogP contribution >= 0.6 is 11.6 Å². The third kappa shape index (κ3) is 2.42. The van der Waals surface area contributed by atoms with Crippen molar-refractivity contribution in [3.8, 4) is 22.5 Å². The van der Waals surface area contributed by atoms with E-state index >= 15 is 0 Å². The quantitative estimate of drug-likeness (QED) is 0.677. The summed E-state index contributed by atoms with van der Waals surface area (Å²) in [6, 6.07) is 10.1. The minimum absolute atomic E-state index is 0.237. The van der Waals surface area contributed by atoms with Crippen LogP contribution in [0, 0.1) is 6.92 Å². The van der Waals surface area contributed by atoms with Crippen molar-refractivity contribution in [2.75, 3.05) is 0 Å². The van der Waals surface area contributed by atoms with Gasteiger partial charge in [-0.2, -0.15) is 5.10 Å². The summed E-state index contributed by atoms with van der Waals surface area (Å²) in [4.78, 5) is 8.17. The third-order valence-corrected chi connectivity index (χ3v) is 3.24. The van der Waals surface area contributed by atoms with Crippen molar-refractivity contribution in [3.63, 3.8) is 0 Å². The van der Waals surface area contributed by atoms with E-state index in [2.05, 4.69) is 46.3 Å². The minimum atomic E-state index is 0.237. The van der Waals surface area contributed by atoms with Crippen molar-refractivity contribution in [3.05, 3.63) is 53.6 Å². The predicted molar refractivity (Wildman–Crippen MR) is 79.4 cm³/mol. The first-order valence-corrected chi connectivity index (χ1v) is 6.61. The van der Waals surface area contributed by atoms with Crippen LogP contribution in [0.2, 0.25) is 5.28 Å². The Hall–Kier alpha value is -2.20. The average Bonchev–Trinajstić information content (AvgIpc) is 2.82. The molecule has 3 aromatic rings. The molecule has 0 amide bonds. The molecule has 0 saturated heterocycles. The number of benzene rings is 1. The van der Waals surface area contributed by atoms with Crippen LogP contribution in [0.15, 0.2) is 42.7 Å². The lowest BCUT2D eigenvalue weighted by atomic mass is 10.0. The van der Waals surface area contributed by atoms with Gasteiger partial charge in [-0.15, -0.1) is 0 Å². The fourth-order valence-electron chi connectivity index (χ4n) is 2.09. The molecule has 0 aliphatic rings. The van der Waals surface area contributed by atoms with Gasteiger partial charge in [-0.05, 0) is 24.6 Å². The maximum atomic E-state index is 5.87. The van der Waals surface area contributed by atoms with E-state index in [1.165, 1.54) is 5.56 Å². The van der Waals surface area contributed by atoms with E-state index in [1.807, 2.05) is 19.3 Å². The molecule has 5 heteroatoms. The summed E-state index contributed by atoms with van der Waals surface area (Å²) in [5.74, 6) is 0. The largest absolute Gasteiger partial charge is 0.274 e. The molecule has 0 N–H and O–H groups in total. The van der Waals surface area contributed by atoms with Gasteiger partial charge in [0.1, 0.15) is 5.69 Å². The Morgan fingerprint density at radius 2 is 1.85 bits per heavy atom. The smallest absolute Gasteiger partial charge is 0.222 e. The summed E-state index contributed by atoms with van der Waals surface area (Å²) in [5, 5.41) is 4.77. The predicted octanol–water partition coefficient (Wildman–Crippen LogP) is 3.51. The molecule has 3 rings (SSSR count). The fourth-order valence-corrected chi connectivity index (χ4v) is 2.23. The average molecular weight is 285 g/mol. The van der Waals surface area contributed by atoms with Gasteiger partial charge in [-0.1, -0.05) is 29.8 Å². The number of rotatable bonds is 2. The topological polar surface area (TPSA) is 43.6 Å². The second kappa shape index (κ2) is 5.06. The zero-order chi connectivity index (χ0) is 14.1. The SMILES string of the molecule is Cc1ccc(-c2nn(C)cc2-c2ccnc(Cl)n2)cc1. The van der Waals surface area contributed by atoms with Crippen molar-refractivity contribution in [2.24, 2.45) is 7.05 Å². The number of aryl methyl sites for hydroxylation is 2. The lowest BCUT2D eigenvalue weighted by molar-refractivity contribution is 0.771. The van der Waals surface area contributed by atoms with Crippen LogP contribution in [0.25, 0.3) is 22.5 Å². The van der Waals surface area contributed by atoms with Crippen molar-refractivity contribution in [1.29, 1.82) is 0 Å². The van der Waals surface area contributed by atoms with E-state index in [1.54, 1.807) is 10.9 Å². The molecule has 1 aromatic carbocycles. The molecule has 0 fully saturated rings. The monoisotopic (exact) mass is 284 g/mol. The standard InChI is InChI=1S/C15H13ClN4/c1-10-3-5-11(6-4-10)14-12(9-20(2)19-14)13-7-8-17-15(16)18-13/h3-9H,1-2H3. The van der Waals surface area contributed by atoms with Gasteiger partial charge in [-0.3, -0.25) is 4.68 Å². The number of hydrogen-bond donors (Lipinski definition) is 0. The highest BCUT2D eigenvalue weighted by molar-refractivity contribution is 6.28. The van der Waals surface area contributed by atoms with Gasteiger partial charge in [0.15, 0.2) is 0 Å². The van der Waals surface area contributed by atoms with E-state index in [0.29, 0.717) is 0 Å². The zero-order valence-electron chi connectivity index (χ0n) is 11.2. The highest BCUT2D eigenvalue weighted by atomic mass is 35.5. The van der Waals surface area contributed by atoms with Gasteiger partial charge in [0.05, 0.1) is 5.69 Å². The third-order valence-electron chi connectivity index (χ3n) is 3.06. The molecule has 0 aliphatic carbocycles. The lowest BCUT2D eigenvalue weighted by Gasteiger charge is -2.02. The summed E-state index contributed by atoms with van der Waals surface area (Å²) in [5.41, 5.74) is 4.88. The van der Waals surface area contributed by atoms with E-state index in [4.69, 9.17) is 11.6 Å². The molecular weight excluding hydrogens is 272 g/mol. The van der Waals surface area contributed by atoms with Gasteiger partial charge >= 0.3 is 0 Å². The molecule has 4 nitrogen and oxygen atoms in total. The Morgan fingerprint density at radius 1 is 1.10 bits per heavy atom. The van der Waals surface area contributed by atoms with Gasteiger partial charge < -0.3 is 0 Å². The van der Waals surface area contributed by atoms with E-state index < -0.39 is 0 Å². The summed E-state index contributed by atoms with van der Waals surface area (Å²) >= 11 is 5.87. The first-order chi connectivity index (χ1) is 9.63. The van der Waals surface area contributed by atoms with E-state index in [0.717, 1.165) is 22.5 Å². The molecule has 0 atom stereocenters. The van der Waals surface area contributed by atoms with Crippen molar-refractivity contribution in [1.82, 2.24) is 19.7 Å². The summed E-state index contributed by atoms with van der Waals surface area (Å²) in [7, 11) is 1.89. The van der Waals surface area contributed by atoms with Crippen molar-refractivity contribution < 1.29 is 0 Å². The first kappa shape index (κ1) is 12.8. The molecule has 100 valence electrons. The van der Waals surface area contributed by atoms with Crippen LogP contribution in [-0.4, -0.2) is 19.7 Å². The number of halogens is 1. The Morgan fingerprint density at radius 3 is 2.55 bits per heavy atom. The summed E-state index contributed by atoms with van der Waals surface area (Å²) < 4.78 is 1.78. The summed E-state index contributed by atoms with van der Waals surface area (Å²) in [6.07, 6.45) is 3.59. The molecule has 0 unspecified atom stereocenters. The number of aromatic nitrogens is 4. The summed E-state index contributed by atoms with van der Waals surface area (Å²) in [6.45, 7) is 2.06. The molecule has 2 aromatic heterocycles. The van der Waals surface area contributed by atoms with Crippen LogP contribution in [0.4, 0.5) is 0 Å². The Balaban J connectivity index is 2.15. The van der Waals surface area contributed by atoms with Crippen LogP contribution < -0.4 is 0 Å². The number of hydrogen-bond acceptors (Lipinski definition) is 3. The van der Waals surface area contributed by atoms with E-state index in [-0.39, 0.29) is 5.28 Å². The van der Waals surface area contributed by atoms with E-state index in [9.17, 15) is 0 Å². The van der Waals surface area contributed by atoms with Gasteiger partial charge in [0.2, 0.25) is 5.28 Å². The Labute approximate surface area is 122 Å². The molecule has 2 heterocycles.